The van der Waals surface area contributed by atoms with Gasteiger partial charge in [0.05, 0.1) is 21.8 Å². The predicted molar refractivity (Wildman–Crippen MR) is 86.1 cm³/mol. The van der Waals surface area contributed by atoms with Crippen LogP contribution in [0, 0.1) is 12.7 Å². The summed E-state index contributed by atoms with van der Waals surface area (Å²) in [7, 11) is -4.31. The van der Waals surface area contributed by atoms with Crippen LogP contribution >= 0.6 is 0 Å². The fraction of sp³-hybridized carbons (Fsp3) is 0.133. The van der Waals surface area contributed by atoms with Crippen molar-refractivity contribution in [1.82, 2.24) is 20.2 Å². The van der Waals surface area contributed by atoms with Gasteiger partial charge in [0.1, 0.15) is 5.82 Å². The van der Waals surface area contributed by atoms with Crippen molar-refractivity contribution in [3.05, 3.63) is 59.7 Å². The van der Waals surface area contributed by atoms with Crippen molar-refractivity contribution in [2.45, 2.75) is 18.0 Å². The molecule has 1 aromatic heterocycles. The summed E-state index contributed by atoms with van der Waals surface area (Å²) in [5.74, 6) is -0.488. The molecule has 0 fully saturated rings. The van der Waals surface area contributed by atoms with E-state index in [-0.39, 0.29) is 0 Å². The second-order valence-corrected chi connectivity index (χ2v) is 7.11. The van der Waals surface area contributed by atoms with Crippen molar-refractivity contribution >= 4 is 15.7 Å². The smallest absolute Gasteiger partial charge is 0.277 e. The lowest BCUT2D eigenvalue weighted by molar-refractivity contribution is -0.137. The zero-order chi connectivity index (χ0) is 19.8. The zero-order valence-electron chi connectivity index (χ0n) is 13.6. The van der Waals surface area contributed by atoms with Crippen molar-refractivity contribution in [2.75, 3.05) is 4.72 Å². The lowest BCUT2D eigenvalue weighted by atomic mass is 10.2. The van der Waals surface area contributed by atoms with Gasteiger partial charge in [0.25, 0.3) is 10.0 Å². The highest BCUT2D eigenvalue weighted by Gasteiger charge is 2.30. The van der Waals surface area contributed by atoms with Gasteiger partial charge >= 0.3 is 6.18 Å². The third kappa shape index (κ3) is 3.89. The maximum Gasteiger partial charge on any atom is 0.416 e. The Hall–Kier alpha value is -3.02. The van der Waals surface area contributed by atoms with Gasteiger partial charge in [-0.1, -0.05) is 0 Å². The number of benzene rings is 2. The summed E-state index contributed by atoms with van der Waals surface area (Å²) >= 11 is 0. The molecule has 0 aliphatic carbocycles. The van der Waals surface area contributed by atoms with E-state index in [0.29, 0.717) is 23.6 Å². The molecule has 7 nitrogen and oxygen atoms in total. The van der Waals surface area contributed by atoms with Crippen LogP contribution in [0.5, 0.6) is 0 Å². The molecular formula is C15H11F4N5O2S. The number of halogens is 4. The van der Waals surface area contributed by atoms with Crippen LogP contribution in [0.15, 0.2) is 47.4 Å². The van der Waals surface area contributed by atoms with E-state index in [1.807, 2.05) is 4.72 Å². The van der Waals surface area contributed by atoms with E-state index in [9.17, 15) is 26.0 Å². The number of hydrogen-bond donors (Lipinski definition) is 1. The molecular weight excluding hydrogens is 390 g/mol. The summed E-state index contributed by atoms with van der Waals surface area (Å²) in [6.45, 7) is 1.59. The molecule has 0 radical (unpaired) electrons. The molecule has 3 rings (SSSR count). The lowest BCUT2D eigenvalue weighted by Gasteiger charge is -2.12. The normalized spacial score (nSPS) is 12.2. The minimum atomic E-state index is -4.60. The average molecular weight is 401 g/mol. The van der Waals surface area contributed by atoms with Crippen LogP contribution in [0.1, 0.15) is 11.4 Å². The first-order chi connectivity index (χ1) is 12.6. The largest absolute Gasteiger partial charge is 0.416 e. The molecule has 142 valence electrons. The van der Waals surface area contributed by atoms with Crippen molar-refractivity contribution in [2.24, 2.45) is 0 Å². The SMILES string of the molecule is Cc1nnnn1-c1ccc(F)c(NS(=O)(=O)c2ccc(C(F)(F)F)cc2)c1. The summed E-state index contributed by atoms with van der Waals surface area (Å²) in [6, 6.07) is 6.37. The Labute approximate surface area is 150 Å². The Morgan fingerprint density at radius 3 is 2.30 bits per heavy atom. The molecule has 0 saturated heterocycles. The van der Waals surface area contributed by atoms with Gasteiger partial charge < -0.3 is 0 Å². The Morgan fingerprint density at radius 1 is 1.07 bits per heavy atom. The van der Waals surface area contributed by atoms with E-state index < -0.39 is 38.2 Å². The van der Waals surface area contributed by atoms with Gasteiger partial charge in [0, 0.05) is 0 Å². The summed E-state index contributed by atoms with van der Waals surface area (Å²) in [5.41, 5.74) is -1.10. The third-order valence-corrected chi connectivity index (χ3v) is 4.94. The maximum absolute atomic E-state index is 14.0. The summed E-state index contributed by atoms with van der Waals surface area (Å²) in [6.07, 6.45) is -4.60. The molecule has 0 aliphatic heterocycles. The van der Waals surface area contributed by atoms with Gasteiger partial charge in [-0.3, -0.25) is 4.72 Å². The van der Waals surface area contributed by atoms with Crippen molar-refractivity contribution in [1.29, 1.82) is 0 Å². The standard InChI is InChI=1S/C15H11F4N5O2S/c1-9-20-22-23-24(9)11-4-7-13(16)14(8-11)21-27(25,26)12-5-2-10(3-6-12)15(17,18)19/h2-8,21H,1H3. The van der Waals surface area contributed by atoms with Gasteiger partial charge in [-0.25, -0.2) is 12.8 Å². The first-order valence-corrected chi connectivity index (χ1v) is 8.81. The fourth-order valence-electron chi connectivity index (χ4n) is 2.22. The number of nitrogens with zero attached hydrogens (tertiary/aromatic N) is 4. The molecule has 0 saturated carbocycles. The molecule has 1 N–H and O–H groups in total. The second-order valence-electron chi connectivity index (χ2n) is 5.43. The molecule has 0 atom stereocenters. The quantitative estimate of drug-likeness (QED) is 0.679. The minimum Gasteiger partial charge on any atom is -0.277 e. The van der Waals surface area contributed by atoms with Crippen molar-refractivity contribution < 1.29 is 26.0 Å². The monoisotopic (exact) mass is 401 g/mol. The predicted octanol–water partition coefficient (Wildman–Crippen LogP) is 2.93. The third-order valence-electron chi connectivity index (χ3n) is 3.56. The minimum absolute atomic E-state index is 0.295. The molecule has 0 spiro atoms. The first kappa shape index (κ1) is 18.8. The van der Waals surface area contributed by atoms with Gasteiger partial charge in [0.2, 0.25) is 0 Å². The van der Waals surface area contributed by atoms with Crippen molar-refractivity contribution in [3.8, 4) is 5.69 Å². The number of anilines is 1. The first-order valence-electron chi connectivity index (χ1n) is 7.33. The van der Waals surface area contributed by atoms with Crippen molar-refractivity contribution in [3.63, 3.8) is 0 Å². The number of nitrogens with one attached hydrogen (secondary N) is 1. The van der Waals surface area contributed by atoms with E-state index in [0.717, 1.165) is 18.2 Å². The van der Waals surface area contributed by atoms with E-state index in [2.05, 4.69) is 15.5 Å². The van der Waals surface area contributed by atoms with Crippen LogP contribution in [0.2, 0.25) is 0 Å². The highest BCUT2D eigenvalue weighted by Crippen LogP contribution is 2.30. The molecule has 3 aromatic rings. The summed E-state index contributed by atoms with van der Waals surface area (Å²) < 4.78 is 79.8. The van der Waals surface area contributed by atoms with Crippen LogP contribution in [-0.2, 0) is 16.2 Å². The van der Waals surface area contributed by atoms with Gasteiger partial charge in [-0.15, -0.1) is 5.10 Å². The molecule has 27 heavy (non-hydrogen) atoms. The molecule has 12 heteroatoms. The molecule has 0 aliphatic rings. The zero-order valence-corrected chi connectivity index (χ0v) is 14.4. The highest BCUT2D eigenvalue weighted by atomic mass is 32.2. The molecule has 1 heterocycles. The number of aryl methyl sites for hydroxylation is 1. The van der Waals surface area contributed by atoms with E-state index in [4.69, 9.17) is 0 Å². The highest BCUT2D eigenvalue weighted by molar-refractivity contribution is 7.92. The topological polar surface area (TPSA) is 89.8 Å². The number of rotatable bonds is 4. The number of tetrazole rings is 1. The summed E-state index contributed by atoms with van der Waals surface area (Å²) in [4.78, 5) is -0.445. The van der Waals surface area contributed by atoms with Gasteiger partial charge in [-0.2, -0.15) is 17.9 Å². The lowest BCUT2D eigenvalue weighted by Crippen LogP contribution is -2.15. The van der Waals surface area contributed by atoms with Crippen LogP contribution in [0.4, 0.5) is 23.2 Å². The Morgan fingerprint density at radius 2 is 1.74 bits per heavy atom. The molecule has 0 bridgehead atoms. The number of hydrogen-bond acceptors (Lipinski definition) is 5. The Bertz CT molecular complexity index is 1080. The number of alkyl halides is 3. The Balaban J connectivity index is 1.93. The number of sulfonamides is 1. The van der Waals surface area contributed by atoms with E-state index >= 15 is 0 Å². The van der Waals surface area contributed by atoms with Crippen LogP contribution in [0.3, 0.4) is 0 Å². The van der Waals surface area contributed by atoms with Crippen LogP contribution in [-0.4, -0.2) is 28.6 Å². The van der Waals surface area contributed by atoms with Crippen LogP contribution in [0.25, 0.3) is 5.69 Å². The maximum atomic E-state index is 14.0. The average Bonchev–Trinajstić information content (AvgIpc) is 3.02. The van der Waals surface area contributed by atoms with Crippen LogP contribution < -0.4 is 4.72 Å². The molecule has 0 amide bonds. The summed E-state index contributed by atoms with van der Waals surface area (Å²) in [5, 5.41) is 10.8. The second kappa shape index (κ2) is 6.61. The Kier molecular flexibility index (Phi) is 4.59. The van der Waals surface area contributed by atoms with E-state index in [1.165, 1.54) is 16.8 Å². The molecule has 0 unspecified atom stereocenters. The van der Waals surface area contributed by atoms with Gasteiger partial charge in [0.15, 0.2) is 5.82 Å². The van der Waals surface area contributed by atoms with Gasteiger partial charge in [-0.05, 0) is 59.8 Å². The number of aromatic nitrogens is 4. The molecule has 2 aromatic carbocycles. The fourth-order valence-corrected chi connectivity index (χ4v) is 3.28. The van der Waals surface area contributed by atoms with E-state index in [1.54, 1.807) is 6.92 Å².